The number of carbonyl (C=O) groups is 1. The second-order valence-electron chi connectivity index (χ2n) is 6.54. The fourth-order valence-electron chi connectivity index (χ4n) is 3.51. The Kier molecular flexibility index (Phi) is 4.04. The fraction of sp³-hybridized carbons (Fsp3) is 0.0435. The number of para-hydroxylation sites is 1. The van der Waals surface area contributed by atoms with Gasteiger partial charge < -0.3 is 4.42 Å². The number of aromatic nitrogens is 1. The number of aryl methyl sites for hydroxylation is 1. The number of halogens is 1. The molecule has 0 saturated heterocycles. The van der Waals surface area contributed by atoms with E-state index in [1.54, 1.807) is 35.6 Å². The summed E-state index contributed by atoms with van der Waals surface area (Å²) in [5.41, 5.74) is 4.81. The van der Waals surface area contributed by atoms with E-state index in [2.05, 4.69) is 0 Å². The number of nitrogens with zero attached hydrogens (tertiary/aromatic N) is 1. The Morgan fingerprint density at radius 1 is 1.04 bits per heavy atom. The van der Waals surface area contributed by atoms with Gasteiger partial charge in [0.15, 0.2) is 11.4 Å². The lowest BCUT2D eigenvalue weighted by molar-refractivity contribution is 0.103. The molecule has 0 aliphatic carbocycles. The maximum Gasteiger partial charge on any atom is 0.195 e. The molecule has 0 aliphatic heterocycles. The number of hydrogen-bond donors (Lipinski definition) is 0. The molecule has 0 aliphatic rings. The molecule has 3 aromatic heterocycles. The molecule has 3 nitrogen and oxygen atoms in total. The van der Waals surface area contributed by atoms with E-state index in [0.717, 1.165) is 26.9 Å². The summed E-state index contributed by atoms with van der Waals surface area (Å²) in [6, 6.07) is 18.7. The number of fused-ring (bicyclic) bond motifs is 3. The second-order valence-corrected chi connectivity index (χ2v) is 7.92. The number of thiophene rings is 1. The van der Waals surface area contributed by atoms with Gasteiger partial charge in [-0.1, -0.05) is 29.8 Å². The molecular formula is C23H14ClNO2S. The standard InChI is InChI=1S/C23H14ClNO2S/c1-13-19(22(26)14-8-10-15(24)11-9-14)20(18-7-4-12-28-18)23-21(25-13)16-5-2-3-6-17(16)27-23/h2-12H,1H3. The van der Waals surface area contributed by atoms with Crippen LogP contribution in [0.3, 0.4) is 0 Å². The average Bonchev–Trinajstić information content (AvgIpc) is 3.35. The van der Waals surface area contributed by atoms with Gasteiger partial charge in [0.2, 0.25) is 0 Å². The summed E-state index contributed by atoms with van der Waals surface area (Å²) < 4.78 is 6.18. The first-order chi connectivity index (χ1) is 13.6. The van der Waals surface area contributed by atoms with Gasteiger partial charge in [0.05, 0.1) is 11.3 Å². The van der Waals surface area contributed by atoms with E-state index in [9.17, 15) is 4.79 Å². The zero-order valence-corrected chi connectivity index (χ0v) is 16.5. The molecule has 0 bridgehead atoms. The zero-order chi connectivity index (χ0) is 19.3. The number of furan rings is 1. The molecule has 28 heavy (non-hydrogen) atoms. The van der Waals surface area contributed by atoms with E-state index in [0.29, 0.717) is 27.4 Å². The first kappa shape index (κ1) is 17.2. The van der Waals surface area contributed by atoms with Crippen molar-refractivity contribution in [1.82, 2.24) is 4.98 Å². The third kappa shape index (κ3) is 2.65. The maximum absolute atomic E-state index is 13.4. The summed E-state index contributed by atoms with van der Waals surface area (Å²) in [7, 11) is 0. The average molecular weight is 404 g/mol. The topological polar surface area (TPSA) is 43.1 Å². The third-order valence-electron chi connectivity index (χ3n) is 4.79. The Morgan fingerprint density at radius 3 is 2.57 bits per heavy atom. The number of benzene rings is 2. The van der Waals surface area contributed by atoms with Gasteiger partial charge in [-0.05, 0) is 54.8 Å². The van der Waals surface area contributed by atoms with Crippen molar-refractivity contribution in [3.63, 3.8) is 0 Å². The Labute approximate surface area is 170 Å². The van der Waals surface area contributed by atoms with Gasteiger partial charge in [-0.2, -0.15) is 0 Å². The lowest BCUT2D eigenvalue weighted by atomic mass is 9.95. The number of carbonyl (C=O) groups excluding carboxylic acids is 1. The fourth-order valence-corrected chi connectivity index (χ4v) is 4.41. The highest BCUT2D eigenvalue weighted by atomic mass is 35.5. The van der Waals surface area contributed by atoms with Crippen LogP contribution >= 0.6 is 22.9 Å². The van der Waals surface area contributed by atoms with Crippen molar-refractivity contribution in [1.29, 1.82) is 0 Å². The first-order valence-corrected chi connectivity index (χ1v) is 10.1. The van der Waals surface area contributed by atoms with Crippen molar-refractivity contribution in [2.75, 3.05) is 0 Å². The van der Waals surface area contributed by atoms with Gasteiger partial charge in [0.1, 0.15) is 11.1 Å². The summed E-state index contributed by atoms with van der Waals surface area (Å²) in [6.45, 7) is 1.88. The molecule has 0 saturated carbocycles. The van der Waals surface area contributed by atoms with Crippen LogP contribution < -0.4 is 0 Å². The molecular weight excluding hydrogens is 390 g/mol. The Morgan fingerprint density at radius 2 is 1.82 bits per heavy atom. The van der Waals surface area contributed by atoms with Crippen molar-refractivity contribution in [2.45, 2.75) is 6.92 Å². The van der Waals surface area contributed by atoms with Crippen LogP contribution in [-0.2, 0) is 0 Å². The van der Waals surface area contributed by atoms with Crippen molar-refractivity contribution in [3.8, 4) is 10.4 Å². The molecule has 0 atom stereocenters. The number of ketones is 1. The monoisotopic (exact) mass is 403 g/mol. The van der Waals surface area contributed by atoms with Crippen LogP contribution in [0.4, 0.5) is 0 Å². The zero-order valence-electron chi connectivity index (χ0n) is 14.9. The smallest absolute Gasteiger partial charge is 0.195 e. The van der Waals surface area contributed by atoms with E-state index in [1.165, 1.54) is 0 Å². The molecule has 136 valence electrons. The second kappa shape index (κ2) is 6.59. The van der Waals surface area contributed by atoms with E-state index in [4.69, 9.17) is 21.0 Å². The molecule has 0 fully saturated rings. The predicted octanol–water partition coefficient (Wildman–Crippen LogP) is 6.90. The summed E-state index contributed by atoms with van der Waals surface area (Å²) in [4.78, 5) is 19.2. The summed E-state index contributed by atoms with van der Waals surface area (Å²) in [5.74, 6) is -0.0903. The van der Waals surface area contributed by atoms with Gasteiger partial charge in [-0.15, -0.1) is 11.3 Å². The molecule has 5 heteroatoms. The lowest BCUT2D eigenvalue weighted by Crippen LogP contribution is -2.07. The van der Waals surface area contributed by atoms with Crippen LogP contribution in [0.1, 0.15) is 21.6 Å². The van der Waals surface area contributed by atoms with Crippen LogP contribution in [0.15, 0.2) is 70.5 Å². The highest BCUT2D eigenvalue weighted by Gasteiger charge is 2.25. The summed E-state index contributed by atoms with van der Waals surface area (Å²) >= 11 is 7.57. The SMILES string of the molecule is Cc1nc2c(oc3ccccc32)c(-c2cccs2)c1C(=O)c1ccc(Cl)cc1. The molecule has 2 aromatic carbocycles. The Balaban J connectivity index is 1.87. The third-order valence-corrected chi connectivity index (χ3v) is 5.93. The Hall–Kier alpha value is -2.95. The highest BCUT2D eigenvalue weighted by molar-refractivity contribution is 7.13. The molecule has 0 unspecified atom stereocenters. The normalized spacial score (nSPS) is 11.4. The Bertz CT molecular complexity index is 1340. The number of rotatable bonds is 3. The number of pyridine rings is 1. The predicted molar refractivity (Wildman–Crippen MR) is 114 cm³/mol. The first-order valence-electron chi connectivity index (χ1n) is 8.79. The van der Waals surface area contributed by atoms with Gasteiger partial charge in [0.25, 0.3) is 0 Å². The highest BCUT2D eigenvalue weighted by Crippen LogP contribution is 2.40. The van der Waals surface area contributed by atoms with Crippen molar-refractivity contribution in [2.24, 2.45) is 0 Å². The van der Waals surface area contributed by atoms with E-state index in [-0.39, 0.29) is 5.78 Å². The van der Waals surface area contributed by atoms with Crippen LogP contribution in [-0.4, -0.2) is 10.8 Å². The van der Waals surface area contributed by atoms with E-state index in [1.807, 2.05) is 48.7 Å². The number of hydrogen-bond acceptors (Lipinski definition) is 4. The minimum Gasteiger partial charge on any atom is -0.454 e. The van der Waals surface area contributed by atoms with Gasteiger partial charge in [0, 0.05) is 26.4 Å². The van der Waals surface area contributed by atoms with Crippen LogP contribution in [0.5, 0.6) is 0 Å². The molecule has 0 amide bonds. The molecule has 0 radical (unpaired) electrons. The molecule has 5 aromatic rings. The minimum absolute atomic E-state index is 0.0903. The van der Waals surface area contributed by atoms with Crippen LogP contribution in [0.25, 0.3) is 32.5 Å². The van der Waals surface area contributed by atoms with Crippen molar-refractivity contribution < 1.29 is 9.21 Å². The summed E-state index contributed by atoms with van der Waals surface area (Å²) in [5, 5.41) is 3.54. The molecule has 0 N–H and O–H groups in total. The van der Waals surface area contributed by atoms with Gasteiger partial charge in [-0.3, -0.25) is 4.79 Å². The van der Waals surface area contributed by atoms with Crippen LogP contribution in [0, 0.1) is 6.92 Å². The quantitative estimate of drug-likeness (QED) is 0.307. The van der Waals surface area contributed by atoms with Crippen LogP contribution in [0.2, 0.25) is 5.02 Å². The van der Waals surface area contributed by atoms with Gasteiger partial charge >= 0.3 is 0 Å². The minimum atomic E-state index is -0.0903. The molecule has 5 rings (SSSR count). The van der Waals surface area contributed by atoms with Gasteiger partial charge in [-0.25, -0.2) is 4.98 Å². The summed E-state index contributed by atoms with van der Waals surface area (Å²) in [6.07, 6.45) is 0. The van der Waals surface area contributed by atoms with E-state index < -0.39 is 0 Å². The lowest BCUT2D eigenvalue weighted by Gasteiger charge is -2.11. The van der Waals surface area contributed by atoms with E-state index >= 15 is 0 Å². The molecule has 0 spiro atoms. The van der Waals surface area contributed by atoms with Crippen molar-refractivity contribution >= 4 is 50.8 Å². The maximum atomic E-state index is 13.4. The molecule has 3 heterocycles. The largest absolute Gasteiger partial charge is 0.454 e. The van der Waals surface area contributed by atoms with Crippen molar-refractivity contribution in [3.05, 3.63) is 87.9 Å².